The SMILES string of the molecule is C=Cc1cnc2c(c1)CCc1cc(C)cc(OC)c1C2=C1CCNCC1. The van der Waals surface area contributed by atoms with Gasteiger partial charge in [0, 0.05) is 17.3 Å². The minimum absolute atomic E-state index is 0.975. The second-order valence-corrected chi connectivity index (χ2v) is 7.21. The third-order valence-electron chi connectivity index (χ3n) is 5.48. The number of aryl methyl sites for hydroxylation is 3. The van der Waals surface area contributed by atoms with Crippen molar-refractivity contribution in [2.45, 2.75) is 32.6 Å². The second-order valence-electron chi connectivity index (χ2n) is 7.21. The van der Waals surface area contributed by atoms with Crippen molar-refractivity contribution in [1.82, 2.24) is 10.3 Å². The van der Waals surface area contributed by atoms with E-state index in [4.69, 9.17) is 9.72 Å². The normalized spacial score (nSPS) is 16.5. The molecule has 1 fully saturated rings. The van der Waals surface area contributed by atoms with Gasteiger partial charge in [0.05, 0.1) is 12.8 Å². The summed E-state index contributed by atoms with van der Waals surface area (Å²) in [5.74, 6) is 0.975. The van der Waals surface area contributed by atoms with Crippen LogP contribution in [0.4, 0.5) is 0 Å². The van der Waals surface area contributed by atoms with Gasteiger partial charge in [-0.1, -0.05) is 24.3 Å². The first-order chi connectivity index (χ1) is 12.7. The van der Waals surface area contributed by atoms with Gasteiger partial charge in [-0.2, -0.15) is 0 Å². The number of benzene rings is 1. The third kappa shape index (κ3) is 2.97. The van der Waals surface area contributed by atoms with Gasteiger partial charge in [0.25, 0.3) is 0 Å². The van der Waals surface area contributed by atoms with E-state index >= 15 is 0 Å². The average Bonchev–Trinajstić information content (AvgIpc) is 2.84. The Labute approximate surface area is 155 Å². The smallest absolute Gasteiger partial charge is 0.127 e. The number of fused-ring (bicyclic) bond motifs is 2. The van der Waals surface area contributed by atoms with Crippen molar-refractivity contribution < 1.29 is 4.74 Å². The molecule has 1 saturated heterocycles. The predicted molar refractivity (Wildman–Crippen MR) is 108 cm³/mol. The first-order valence-electron chi connectivity index (χ1n) is 9.43. The Balaban J connectivity index is 2.02. The van der Waals surface area contributed by atoms with Gasteiger partial charge >= 0.3 is 0 Å². The summed E-state index contributed by atoms with van der Waals surface area (Å²) in [6, 6.07) is 6.73. The highest BCUT2D eigenvalue weighted by molar-refractivity contribution is 5.87. The van der Waals surface area contributed by atoms with Crippen LogP contribution in [0.2, 0.25) is 0 Å². The molecule has 134 valence electrons. The van der Waals surface area contributed by atoms with Crippen LogP contribution in [0.15, 0.2) is 36.5 Å². The van der Waals surface area contributed by atoms with Gasteiger partial charge < -0.3 is 10.1 Å². The van der Waals surface area contributed by atoms with Crippen LogP contribution < -0.4 is 10.1 Å². The average molecular weight is 346 g/mol. The Morgan fingerprint density at radius 3 is 2.58 bits per heavy atom. The molecule has 0 atom stereocenters. The molecule has 2 heterocycles. The summed E-state index contributed by atoms with van der Waals surface area (Å²) in [4.78, 5) is 4.90. The monoisotopic (exact) mass is 346 g/mol. The summed E-state index contributed by atoms with van der Waals surface area (Å²) >= 11 is 0. The number of rotatable bonds is 2. The lowest BCUT2D eigenvalue weighted by molar-refractivity contribution is 0.412. The zero-order valence-corrected chi connectivity index (χ0v) is 15.7. The fourth-order valence-electron chi connectivity index (χ4n) is 4.23. The molecule has 1 N–H and O–H groups in total. The first kappa shape index (κ1) is 17.0. The summed E-state index contributed by atoms with van der Waals surface area (Å²) in [5, 5.41) is 3.47. The summed E-state index contributed by atoms with van der Waals surface area (Å²) < 4.78 is 5.84. The van der Waals surface area contributed by atoms with E-state index in [0.29, 0.717) is 0 Å². The first-order valence-corrected chi connectivity index (χ1v) is 9.43. The summed E-state index contributed by atoms with van der Waals surface area (Å²) in [6.45, 7) is 8.12. The van der Waals surface area contributed by atoms with Gasteiger partial charge in [0.1, 0.15) is 5.75 Å². The molecule has 1 aliphatic heterocycles. The highest BCUT2D eigenvalue weighted by Crippen LogP contribution is 2.42. The zero-order valence-electron chi connectivity index (χ0n) is 15.7. The highest BCUT2D eigenvalue weighted by atomic mass is 16.5. The van der Waals surface area contributed by atoms with Crippen molar-refractivity contribution >= 4 is 11.6 Å². The van der Waals surface area contributed by atoms with E-state index < -0.39 is 0 Å². The lowest BCUT2D eigenvalue weighted by atomic mass is 9.87. The zero-order chi connectivity index (χ0) is 18.1. The number of nitrogens with zero attached hydrogens (tertiary/aromatic N) is 1. The molecule has 0 unspecified atom stereocenters. The Hall–Kier alpha value is -2.39. The van der Waals surface area contributed by atoms with Crippen LogP contribution in [-0.2, 0) is 12.8 Å². The Kier molecular flexibility index (Phi) is 4.64. The van der Waals surface area contributed by atoms with Crippen LogP contribution in [0.3, 0.4) is 0 Å². The number of hydrogen-bond donors (Lipinski definition) is 1. The molecule has 0 bridgehead atoms. The van der Waals surface area contributed by atoms with Crippen molar-refractivity contribution in [3.8, 4) is 5.75 Å². The number of ether oxygens (including phenoxy) is 1. The van der Waals surface area contributed by atoms with Crippen LogP contribution in [0.1, 0.15) is 46.4 Å². The van der Waals surface area contributed by atoms with Crippen LogP contribution >= 0.6 is 0 Å². The fourth-order valence-corrected chi connectivity index (χ4v) is 4.23. The van der Waals surface area contributed by atoms with E-state index in [0.717, 1.165) is 55.8 Å². The molecule has 1 aromatic carbocycles. The molecule has 1 aromatic heterocycles. The lowest BCUT2D eigenvalue weighted by Crippen LogP contribution is -2.24. The van der Waals surface area contributed by atoms with Gasteiger partial charge in [0.2, 0.25) is 0 Å². The maximum Gasteiger partial charge on any atom is 0.127 e. The van der Waals surface area contributed by atoms with Crippen LogP contribution in [0, 0.1) is 6.92 Å². The molecule has 1 aliphatic carbocycles. The molecule has 2 aromatic rings. The molecule has 0 amide bonds. The summed E-state index contributed by atoms with van der Waals surface area (Å²) in [7, 11) is 1.78. The van der Waals surface area contributed by atoms with Gasteiger partial charge in [-0.15, -0.1) is 0 Å². The van der Waals surface area contributed by atoms with Crippen molar-refractivity contribution in [1.29, 1.82) is 0 Å². The van der Waals surface area contributed by atoms with Crippen LogP contribution in [0.25, 0.3) is 11.6 Å². The van der Waals surface area contributed by atoms with Gasteiger partial charge in [-0.3, -0.25) is 4.98 Å². The number of aromatic nitrogens is 1. The number of pyridine rings is 1. The fraction of sp³-hybridized carbons (Fsp3) is 0.348. The number of hydrogen-bond acceptors (Lipinski definition) is 3. The molecule has 0 radical (unpaired) electrons. The minimum Gasteiger partial charge on any atom is -0.496 e. The maximum atomic E-state index is 5.84. The summed E-state index contributed by atoms with van der Waals surface area (Å²) in [6.07, 6.45) is 7.97. The van der Waals surface area contributed by atoms with E-state index in [1.54, 1.807) is 7.11 Å². The Morgan fingerprint density at radius 2 is 1.85 bits per heavy atom. The standard InChI is InChI=1S/C23H26N2O/c1-4-16-13-19-6-5-18-11-15(2)12-20(26-3)21(18)22(23(19)25-14-16)17-7-9-24-10-8-17/h4,11-14,24H,1,5-10H2,2-3H3. The van der Waals surface area contributed by atoms with Crippen molar-refractivity contribution in [2.24, 2.45) is 0 Å². The molecule has 2 aliphatic rings. The Bertz CT molecular complexity index is 887. The van der Waals surface area contributed by atoms with Crippen molar-refractivity contribution in [2.75, 3.05) is 20.2 Å². The topological polar surface area (TPSA) is 34.1 Å². The van der Waals surface area contributed by atoms with E-state index in [1.807, 2.05) is 12.3 Å². The summed E-state index contributed by atoms with van der Waals surface area (Å²) in [5.41, 5.74) is 10.2. The molecule has 3 nitrogen and oxygen atoms in total. The van der Waals surface area contributed by atoms with Crippen molar-refractivity contribution in [3.63, 3.8) is 0 Å². The third-order valence-corrected chi connectivity index (χ3v) is 5.48. The maximum absolute atomic E-state index is 5.84. The molecular formula is C23H26N2O. The Morgan fingerprint density at radius 1 is 1.08 bits per heavy atom. The highest BCUT2D eigenvalue weighted by Gasteiger charge is 2.26. The lowest BCUT2D eigenvalue weighted by Gasteiger charge is -2.23. The van der Waals surface area contributed by atoms with Gasteiger partial charge in [-0.05, 0) is 80.1 Å². The predicted octanol–water partition coefficient (Wildman–Crippen LogP) is 4.33. The molecule has 26 heavy (non-hydrogen) atoms. The van der Waals surface area contributed by atoms with E-state index in [1.165, 1.54) is 33.4 Å². The molecular weight excluding hydrogens is 320 g/mol. The molecule has 0 spiro atoms. The molecule has 4 rings (SSSR count). The molecule has 0 saturated carbocycles. The number of piperidine rings is 1. The van der Waals surface area contributed by atoms with Crippen LogP contribution in [0.5, 0.6) is 5.75 Å². The van der Waals surface area contributed by atoms with Gasteiger partial charge in [0.15, 0.2) is 0 Å². The quantitative estimate of drug-likeness (QED) is 0.879. The largest absolute Gasteiger partial charge is 0.496 e. The second kappa shape index (κ2) is 7.08. The van der Waals surface area contributed by atoms with Crippen LogP contribution in [-0.4, -0.2) is 25.2 Å². The van der Waals surface area contributed by atoms with E-state index in [9.17, 15) is 0 Å². The van der Waals surface area contributed by atoms with Gasteiger partial charge in [-0.25, -0.2) is 0 Å². The molecule has 3 heteroatoms. The number of methoxy groups -OCH3 is 1. The van der Waals surface area contributed by atoms with Crippen molar-refractivity contribution in [3.05, 3.63) is 70.1 Å². The minimum atomic E-state index is 0.975. The number of nitrogens with one attached hydrogen (secondary N) is 1. The van der Waals surface area contributed by atoms with E-state index in [-0.39, 0.29) is 0 Å². The van der Waals surface area contributed by atoms with E-state index in [2.05, 4.69) is 37.0 Å².